The standard InChI is InChI=1S/C24H21N3O3S2.ClH/c1-27-9-8-15-20(12-27)32-24(22(15)23-25-16-4-2-3-5-19(16)31-23)26-21(28)11-14-6-7-17-18(10-14)30-13-29-17;/h2-7,10H,8-9,11-13H2,1H3,(H,26,28);1H. The van der Waals surface area contributed by atoms with Crippen LogP contribution in [-0.4, -0.2) is 36.2 Å². The second kappa shape index (κ2) is 8.95. The van der Waals surface area contributed by atoms with E-state index in [9.17, 15) is 4.79 Å². The molecule has 6 nitrogen and oxygen atoms in total. The molecule has 4 heterocycles. The van der Waals surface area contributed by atoms with E-state index in [1.54, 1.807) is 22.7 Å². The van der Waals surface area contributed by atoms with Crippen LogP contribution in [0, 0.1) is 0 Å². The van der Waals surface area contributed by atoms with E-state index < -0.39 is 0 Å². The third-order valence-corrected chi connectivity index (χ3v) is 8.00. The number of thiophene rings is 1. The summed E-state index contributed by atoms with van der Waals surface area (Å²) in [5, 5.41) is 5.07. The summed E-state index contributed by atoms with van der Waals surface area (Å²) < 4.78 is 12.0. The minimum atomic E-state index is -0.0434. The Morgan fingerprint density at radius 1 is 1.15 bits per heavy atom. The first-order valence-electron chi connectivity index (χ1n) is 10.5. The van der Waals surface area contributed by atoms with Crippen molar-refractivity contribution in [3.05, 3.63) is 58.5 Å². The molecule has 4 aromatic rings. The molecule has 0 radical (unpaired) electrons. The zero-order valence-corrected chi connectivity index (χ0v) is 20.4. The first-order chi connectivity index (χ1) is 15.6. The monoisotopic (exact) mass is 499 g/mol. The summed E-state index contributed by atoms with van der Waals surface area (Å²) in [4.78, 5) is 21.5. The summed E-state index contributed by atoms with van der Waals surface area (Å²) in [6.45, 7) is 2.13. The van der Waals surface area contributed by atoms with Crippen LogP contribution < -0.4 is 14.8 Å². The van der Waals surface area contributed by atoms with Crippen LogP contribution in [0.1, 0.15) is 16.0 Å². The van der Waals surface area contributed by atoms with Gasteiger partial charge in [0, 0.05) is 23.5 Å². The molecule has 2 aromatic heterocycles. The number of aromatic nitrogens is 1. The Morgan fingerprint density at radius 2 is 2.00 bits per heavy atom. The highest BCUT2D eigenvalue weighted by atomic mass is 35.5. The van der Waals surface area contributed by atoms with E-state index in [0.29, 0.717) is 5.75 Å². The number of hydrogen-bond donors (Lipinski definition) is 1. The fraction of sp³-hybridized carbons (Fsp3) is 0.250. The van der Waals surface area contributed by atoms with Crippen molar-refractivity contribution >= 4 is 56.2 Å². The highest BCUT2D eigenvalue weighted by Crippen LogP contribution is 2.45. The van der Waals surface area contributed by atoms with Gasteiger partial charge in [0.2, 0.25) is 12.7 Å². The summed E-state index contributed by atoms with van der Waals surface area (Å²) in [5.41, 5.74) is 4.32. The third kappa shape index (κ3) is 4.19. The number of nitrogens with one attached hydrogen (secondary N) is 1. The maximum atomic E-state index is 13.0. The highest BCUT2D eigenvalue weighted by Gasteiger charge is 2.27. The van der Waals surface area contributed by atoms with Gasteiger partial charge in [0.05, 0.1) is 16.6 Å². The molecular formula is C24H22ClN3O3S2. The second-order valence-electron chi connectivity index (χ2n) is 8.10. The molecule has 1 amide bonds. The molecule has 33 heavy (non-hydrogen) atoms. The van der Waals surface area contributed by atoms with Crippen LogP contribution in [0.4, 0.5) is 5.00 Å². The van der Waals surface area contributed by atoms with E-state index in [1.807, 2.05) is 36.4 Å². The summed E-state index contributed by atoms with van der Waals surface area (Å²) in [6.07, 6.45) is 1.24. The van der Waals surface area contributed by atoms with Gasteiger partial charge in [0.15, 0.2) is 11.5 Å². The number of benzene rings is 2. The molecule has 0 bridgehead atoms. The number of likely N-dealkylation sites (N-methyl/N-ethyl adjacent to an activating group) is 1. The molecule has 0 saturated carbocycles. The van der Waals surface area contributed by atoms with Gasteiger partial charge in [-0.05, 0) is 48.9 Å². The van der Waals surface area contributed by atoms with Crippen molar-refractivity contribution in [3.63, 3.8) is 0 Å². The highest BCUT2D eigenvalue weighted by molar-refractivity contribution is 7.22. The van der Waals surface area contributed by atoms with Crippen LogP contribution in [0.25, 0.3) is 20.8 Å². The fourth-order valence-electron chi connectivity index (χ4n) is 4.23. The lowest BCUT2D eigenvalue weighted by Crippen LogP contribution is -2.25. The number of carbonyl (C=O) groups excluding carboxylic acids is 1. The molecule has 6 rings (SSSR count). The molecule has 9 heteroatoms. The van der Waals surface area contributed by atoms with Crippen LogP contribution in [0.3, 0.4) is 0 Å². The van der Waals surface area contributed by atoms with Gasteiger partial charge in [-0.2, -0.15) is 0 Å². The molecular weight excluding hydrogens is 478 g/mol. The third-order valence-electron chi connectivity index (χ3n) is 5.81. The Hall–Kier alpha value is -2.65. The maximum absolute atomic E-state index is 13.0. The summed E-state index contributed by atoms with van der Waals surface area (Å²) >= 11 is 3.37. The zero-order chi connectivity index (χ0) is 21.7. The molecule has 0 fully saturated rings. The van der Waals surface area contributed by atoms with Crippen molar-refractivity contribution in [1.29, 1.82) is 0 Å². The predicted molar refractivity (Wildman–Crippen MR) is 135 cm³/mol. The molecule has 0 spiro atoms. The molecule has 0 unspecified atom stereocenters. The van der Waals surface area contributed by atoms with Crippen molar-refractivity contribution < 1.29 is 14.3 Å². The number of nitrogens with zero attached hydrogens (tertiary/aromatic N) is 2. The predicted octanol–water partition coefficient (Wildman–Crippen LogP) is 5.34. The van der Waals surface area contributed by atoms with Gasteiger partial charge in [-0.3, -0.25) is 4.79 Å². The first kappa shape index (κ1) is 22.2. The minimum absolute atomic E-state index is 0. The van der Waals surface area contributed by atoms with Crippen molar-refractivity contribution in [2.24, 2.45) is 0 Å². The fourth-order valence-corrected chi connectivity index (χ4v) is 6.69. The number of thiazole rings is 1. The van der Waals surface area contributed by atoms with Crippen LogP contribution in [0.15, 0.2) is 42.5 Å². The van der Waals surface area contributed by atoms with E-state index in [0.717, 1.165) is 56.6 Å². The Labute approximate surface area is 205 Å². The second-order valence-corrected chi connectivity index (χ2v) is 10.2. The molecule has 0 atom stereocenters. The van der Waals surface area contributed by atoms with E-state index in [1.165, 1.54) is 10.4 Å². The largest absolute Gasteiger partial charge is 0.454 e. The van der Waals surface area contributed by atoms with Gasteiger partial charge in [-0.25, -0.2) is 4.98 Å². The Morgan fingerprint density at radius 3 is 2.88 bits per heavy atom. The van der Waals surface area contributed by atoms with E-state index >= 15 is 0 Å². The minimum Gasteiger partial charge on any atom is -0.454 e. The van der Waals surface area contributed by atoms with Gasteiger partial charge in [-0.1, -0.05) is 18.2 Å². The number of anilines is 1. The molecule has 0 aliphatic carbocycles. The van der Waals surface area contributed by atoms with Gasteiger partial charge in [-0.15, -0.1) is 35.1 Å². The van der Waals surface area contributed by atoms with E-state index in [4.69, 9.17) is 14.5 Å². The Balaban J connectivity index is 0.00000228. The topological polar surface area (TPSA) is 63.7 Å². The molecule has 2 aliphatic heterocycles. The van der Waals surface area contributed by atoms with Crippen LogP contribution >= 0.6 is 35.1 Å². The van der Waals surface area contributed by atoms with Crippen LogP contribution in [0.2, 0.25) is 0 Å². The number of carbonyl (C=O) groups is 1. The van der Waals surface area contributed by atoms with Crippen LogP contribution in [0.5, 0.6) is 11.5 Å². The lowest BCUT2D eigenvalue weighted by atomic mass is 10.0. The molecule has 170 valence electrons. The average Bonchev–Trinajstić information content (AvgIpc) is 3.48. The Bertz CT molecular complexity index is 1320. The smallest absolute Gasteiger partial charge is 0.231 e. The molecule has 1 N–H and O–H groups in total. The zero-order valence-electron chi connectivity index (χ0n) is 17.9. The average molecular weight is 500 g/mol. The number of halogens is 1. The van der Waals surface area contributed by atoms with Crippen molar-refractivity contribution in [2.45, 2.75) is 19.4 Å². The number of para-hydroxylation sites is 1. The van der Waals surface area contributed by atoms with Gasteiger partial charge < -0.3 is 19.7 Å². The maximum Gasteiger partial charge on any atom is 0.231 e. The Kier molecular flexibility index (Phi) is 6.01. The number of amides is 1. The summed E-state index contributed by atoms with van der Waals surface area (Å²) in [6, 6.07) is 13.8. The summed E-state index contributed by atoms with van der Waals surface area (Å²) in [7, 11) is 2.14. The van der Waals surface area contributed by atoms with E-state index in [-0.39, 0.29) is 31.5 Å². The van der Waals surface area contributed by atoms with Crippen molar-refractivity contribution in [1.82, 2.24) is 9.88 Å². The summed E-state index contributed by atoms with van der Waals surface area (Å²) in [5.74, 6) is 1.38. The number of hydrogen-bond acceptors (Lipinski definition) is 7. The number of ether oxygens (including phenoxy) is 2. The van der Waals surface area contributed by atoms with E-state index in [2.05, 4.69) is 23.3 Å². The normalized spacial score (nSPS) is 14.7. The SMILES string of the molecule is CN1CCc2c(sc(NC(=O)Cc3ccc4c(c3)OCO4)c2-c2nc3ccccc3s2)C1.Cl. The van der Waals surface area contributed by atoms with Gasteiger partial charge >= 0.3 is 0 Å². The van der Waals surface area contributed by atoms with Crippen molar-refractivity contribution in [3.8, 4) is 22.1 Å². The van der Waals surface area contributed by atoms with Crippen LogP contribution in [-0.2, 0) is 24.2 Å². The number of rotatable bonds is 4. The lowest BCUT2D eigenvalue weighted by Gasteiger charge is -2.22. The number of fused-ring (bicyclic) bond motifs is 3. The van der Waals surface area contributed by atoms with Gasteiger partial charge in [0.1, 0.15) is 10.0 Å². The molecule has 0 saturated heterocycles. The lowest BCUT2D eigenvalue weighted by molar-refractivity contribution is -0.115. The quantitative estimate of drug-likeness (QED) is 0.410. The molecule has 2 aromatic carbocycles. The first-order valence-corrected chi connectivity index (χ1v) is 12.1. The van der Waals surface area contributed by atoms with Crippen molar-refractivity contribution in [2.75, 3.05) is 25.7 Å². The van der Waals surface area contributed by atoms with Gasteiger partial charge in [0.25, 0.3) is 0 Å². The molecule has 2 aliphatic rings.